The van der Waals surface area contributed by atoms with Crippen LogP contribution in [0.5, 0.6) is 0 Å². The van der Waals surface area contributed by atoms with Crippen molar-refractivity contribution in [2.75, 3.05) is 5.32 Å². The highest BCUT2D eigenvalue weighted by atomic mass is 19.1. The topological polar surface area (TPSA) is 12.0 Å². The summed E-state index contributed by atoms with van der Waals surface area (Å²) in [6, 6.07) is 10.7. The Morgan fingerprint density at radius 1 is 0.857 bits per heavy atom. The SMILES string of the molecule is Cc1ccc(F)c(NC(C)c2ccc(C(C)C)cc2)c1F. The molecule has 0 fully saturated rings. The Morgan fingerprint density at radius 2 is 1.43 bits per heavy atom. The van der Waals surface area contributed by atoms with Crippen molar-refractivity contribution in [3.05, 3.63) is 64.7 Å². The lowest BCUT2D eigenvalue weighted by Gasteiger charge is -2.18. The van der Waals surface area contributed by atoms with E-state index in [1.165, 1.54) is 17.7 Å². The van der Waals surface area contributed by atoms with E-state index in [-0.39, 0.29) is 11.7 Å². The summed E-state index contributed by atoms with van der Waals surface area (Å²) in [6.07, 6.45) is 0. The first-order chi connectivity index (χ1) is 9.90. The van der Waals surface area contributed by atoms with E-state index >= 15 is 0 Å². The molecule has 1 atom stereocenters. The monoisotopic (exact) mass is 289 g/mol. The van der Waals surface area contributed by atoms with Crippen LogP contribution in [-0.4, -0.2) is 0 Å². The lowest BCUT2D eigenvalue weighted by atomic mass is 9.99. The number of benzene rings is 2. The first-order valence-electron chi connectivity index (χ1n) is 7.21. The van der Waals surface area contributed by atoms with Gasteiger partial charge in [0.1, 0.15) is 11.5 Å². The van der Waals surface area contributed by atoms with Crippen molar-refractivity contribution in [2.24, 2.45) is 0 Å². The summed E-state index contributed by atoms with van der Waals surface area (Å²) in [4.78, 5) is 0. The minimum absolute atomic E-state index is 0.0598. The molecule has 2 aromatic carbocycles. The normalized spacial score (nSPS) is 12.5. The molecule has 0 bridgehead atoms. The molecule has 1 N–H and O–H groups in total. The Labute approximate surface area is 125 Å². The van der Waals surface area contributed by atoms with Gasteiger partial charge in [0.05, 0.1) is 0 Å². The van der Waals surface area contributed by atoms with Crippen LogP contribution in [0.2, 0.25) is 0 Å². The maximum Gasteiger partial charge on any atom is 0.152 e. The van der Waals surface area contributed by atoms with Crippen LogP contribution in [0.25, 0.3) is 0 Å². The molecule has 0 aliphatic carbocycles. The lowest BCUT2D eigenvalue weighted by molar-refractivity contribution is 0.579. The van der Waals surface area contributed by atoms with Crippen LogP contribution in [0.1, 0.15) is 49.4 Å². The fourth-order valence-corrected chi connectivity index (χ4v) is 2.26. The van der Waals surface area contributed by atoms with Gasteiger partial charge in [0.2, 0.25) is 0 Å². The zero-order valence-corrected chi connectivity index (χ0v) is 12.9. The molecule has 2 aromatic rings. The van der Waals surface area contributed by atoms with Gasteiger partial charge < -0.3 is 5.32 Å². The fourth-order valence-electron chi connectivity index (χ4n) is 2.26. The van der Waals surface area contributed by atoms with Crippen LogP contribution in [0.4, 0.5) is 14.5 Å². The molecule has 0 amide bonds. The molecule has 1 nitrogen and oxygen atoms in total. The van der Waals surface area contributed by atoms with Gasteiger partial charge in [-0.15, -0.1) is 0 Å². The quantitative estimate of drug-likeness (QED) is 0.776. The Balaban J connectivity index is 2.22. The fraction of sp³-hybridized carbons (Fsp3) is 0.333. The zero-order valence-electron chi connectivity index (χ0n) is 12.9. The molecule has 0 aliphatic rings. The molecule has 112 valence electrons. The highest BCUT2D eigenvalue weighted by Crippen LogP contribution is 2.27. The molecule has 0 saturated heterocycles. The summed E-state index contributed by atoms with van der Waals surface area (Å²) in [5, 5.41) is 2.93. The Bertz CT molecular complexity index is 618. The summed E-state index contributed by atoms with van der Waals surface area (Å²) in [5.74, 6) is -0.627. The molecule has 2 rings (SSSR count). The molecule has 0 heterocycles. The number of halogens is 2. The van der Waals surface area contributed by atoms with E-state index in [1.54, 1.807) is 6.92 Å². The van der Waals surface area contributed by atoms with Gasteiger partial charge in [-0.2, -0.15) is 0 Å². The van der Waals surface area contributed by atoms with E-state index < -0.39 is 11.6 Å². The zero-order chi connectivity index (χ0) is 15.6. The van der Waals surface area contributed by atoms with Crippen LogP contribution in [-0.2, 0) is 0 Å². The molecular formula is C18H21F2N. The van der Waals surface area contributed by atoms with E-state index in [9.17, 15) is 8.78 Å². The second-order valence-electron chi connectivity index (χ2n) is 5.74. The lowest BCUT2D eigenvalue weighted by Crippen LogP contribution is -2.10. The number of hydrogen-bond donors (Lipinski definition) is 1. The molecule has 0 aromatic heterocycles. The van der Waals surface area contributed by atoms with E-state index in [1.807, 2.05) is 19.1 Å². The number of aryl methyl sites for hydroxylation is 1. The molecule has 0 spiro atoms. The molecule has 0 aliphatic heterocycles. The van der Waals surface area contributed by atoms with E-state index in [0.29, 0.717) is 11.5 Å². The maximum absolute atomic E-state index is 14.0. The highest BCUT2D eigenvalue weighted by Gasteiger charge is 2.14. The summed E-state index contributed by atoms with van der Waals surface area (Å²) in [6.45, 7) is 7.79. The minimum Gasteiger partial charge on any atom is -0.374 e. The summed E-state index contributed by atoms with van der Waals surface area (Å²) >= 11 is 0. The number of rotatable bonds is 4. The second-order valence-corrected chi connectivity index (χ2v) is 5.74. The molecule has 3 heteroatoms. The van der Waals surface area contributed by atoms with Gasteiger partial charge in [-0.3, -0.25) is 0 Å². The van der Waals surface area contributed by atoms with Gasteiger partial charge in [0.25, 0.3) is 0 Å². The molecule has 1 unspecified atom stereocenters. The summed E-state index contributed by atoms with van der Waals surface area (Å²) < 4.78 is 27.8. The van der Waals surface area contributed by atoms with Gasteiger partial charge in [0, 0.05) is 6.04 Å². The highest BCUT2D eigenvalue weighted by molar-refractivity contribution is 5.50. The van der Waals surface area contributed by atoms with Crippen molar-refractivity contribution < 1.29 is 8.78 Å². The van der Waals surface area contributed by atoms with Gasteiger partial charge in [-0.1, -0.05) is 44.2 Å². The molecular weight excluding hydrogens is 268 g/mol. The third kappa shape index (κ3) is 3.41. The first-order valence-corrected chi connectivity index (χ1v) is 7.21. The van der Waals surface area contributed by atoms with Crippen molar-refractivity contribution in [3.63, 3.8) is 0 Å². The third-order valence-electron chi connectivity index (χ3n) is 3.75. The van der Waals surface area contributed by atoms with Crippen LogP contribution in [0.3, 0.4) is 0 Å². The third-order valence-corrected chi connectivity index (χ3v) is 3.75. The first kappa shape index (κ1) is 15.5. The average Bonchev–Trinajstić information content (AvgIpc) is 2.47. The van der Waals surface area contributed by atoms with Gasteiger partial charge in [0.15, 0.2) is 5.82 Å². The Kier molecular flexibility index (Phi) is 4.61. The van der Waals surface area contributed by atoms with Crippen LogP contribution >= 0.6 is 0 Å². The van der Waals surface area contributed by atoms with Crippen LogP contribution in [0, 0.1) is 18.6 Å². The van der Waals surface area contributed by atoms with Crippen molar-refractivity contribution in [1.82, 2.24) is 0 Å². The van der Waals surface area contributed by atoms with Crippen molar-refractivity contribution in [3.8, 4) is 0 Å². The predicted molar refractivity (Wildman–Crippen MR) is 83.7 cm³/mol. The predicted octanol–water partition coefficient (Wildman–Crippen LogP) is 5.57. The van der Waals surface area contributed by atoms with Crippen LogP contribution < -0.4 is 5.32 Å². The summed E-state index contributed by atoms with van der Waals surface area (Å²) in [7, 11) is 0. The van der Waals surface area contributed by atoms with Crippen LogP contribution in [0.15, 0.2) is 36.4 Å². The molecule has 0 radical (unpaired) electrons. The smallest absolute Gasteiger partial charge is 0.152 e. The Morgan fingerprint density at radius 3 is 2.00 bits per heavy atom. The van der Waals surface area contributed by atoms with Gasteiger partial charge >= 0.3 is 0 Å². The van der Waals surface area contributed by atoms with E-state index in [0.717, 1.165) is 5.56 Å². The minimum atomic E-state index is -0.566. The largest absolute Gasteiger partial charge is 0.374 e. The van der Waals surface area contributed by atoms with Crippen molar-refractivity contribution in [2.45, 2.75) is 39.7 Å². The van der Waals surface area contributed by atoms with E-state index in [2.05, 4.69) is 31.3 Å². The average molecular weight is 289 g/mol. The number of hydrogen-bond acceptors (Lipinski definition) is 1. The maximum atomic E-state index is 14.0. The van der Waals surface area contributed by atoms with Gasteiger partial charge in [-0.25, -0.2) is 8.78 Å². The summed E-state index contributed by atoms with van der Waals surface area (Å²) in [5.41, 5.74) is 2.62. The van der Waals surface area contributed by atoms with Gasteiger partial charge in [-0.05, 0) is 42.5 Å². The van der Waals surface area contributed by atoms with Crippen molar-refractivity contribution in [1.29, 1.82) is 0 Å². The molecule has 21 heavy (non-hydrogen) atoms. The van der Waals surface area contributed by atoms with Crippen molar-refractivity contribution >= 4 is 5.69 Å². The van der Waals surface area contributed by atoms with E-state index in [4.69, 9.17) is 0 Å². The molecule has 0 saturated carbocycles. The Hall–Kier alpha value is -1.90. The standard InChI is InChI=1S/C18H21F2N/c1-11(2)14-6-8-15(9-7-14)13(4)21-18-16(19)10-5-12(3)17(18)20/h5-11,13,21H,1-4H3. The second kappa shape index (κ2) is 6.25. The number of anilines is 1. The number of nitrogens with one attached hydrogen (secondary N) is 1.